The number of aliphatic hydroxyl groups excluding tert-OH is 1. The lowest BCUT2D eigenvalue weighted by molar-refractivity contribution is -0.0139. The fourth-order valence-electron chi connectivity index (χ4n) is 4.44. The first-order chi connectivity index (χ1) is 15.0. The largest absolute Gasteiger partial charge is 0.491 e. The van der Waals surface area contributed by atoms with Crippen molar-refractivity contribution in [2.45, 2.75) is 64.2 Å². The van der Waals surface area contributed by atoms with Crippen LogP contribution in [0, 0.1) is 0 Å². The average Bonchev–Trinajstić information content (AvgIpc) is 3.32. The standard InChI is InChI=1S/C24H40N4O3.HI/c1-4-25-23(26-17-22(29)20-7-9-21(10-8-20)31-19(2)3)27-18-24(11-15-30-16-12-24)28-13-5-6-14-28;/h7-10,19,22,29H,4-6,11-18H2,1-3H3,(H2,25,26,27);1H. The number of benzene rings is 1. The molecule has 2 saturated heterocycles. The number of guanidine groups is 1. The summed E-state index contributed by atoms with van der Waals surface area (Å²) in [6.45, 7) is 11.9. The molecule has 0 amide bonds. The molecule has 2 heterocycles. The van der Waals surface area contributed by atoms with Gasteiger partial charge in [-0.15, -0.1) is 24.0 Å². The van der Waals surface area contributed by atoms with E-state index in [1.54, 1.807) is 0 Å². The van der Waals surface area contributed by atoms with Crippen molar-refractivity contribution in [3.8, 4) is 5.75 Å². The Kier molecular flexibility index (Phi) is 11.5. The molecule has 1 atom stereocenters. The van der Waals surface area contributed by atoms with Crippen LogP contribution in [0.15, 0.2) is 29.3 Å². The minimum Gasteiger partial charge on any atom is -0.491 e. The first-order valence-corrected chi connectivity index (χ1v) is 11.8. The summed E-state index contributed by atoms with van der Waals surface area (Å²) in [4.78, 5) is 7.56. The number of likely N-dealkylation sites (tertiary alicyclic amines) is 1. The Bertz CT molecular complexity index is 687. The van der Waals surface area contributed by atoms with Crippen molar-refractivity contribution in [2.75, 3.05) is 45.9 Å². The van der Waals surface area contributed by atoms with Gasteiger partial charge < -0.3 is 25.2 Å². The van der Waals surface area contributed by atoms with Crippen LogP contribution in [0.3, 0.4) is 0 Å². The molecule has 0 radical (unpaired) electrons. The zero-order valence-electron chi connectivity index (χ0n) is 19.8. The normalized spacial score (nSPS) is 20.0. The molecule has 1 aromatic rings. The molecule has 182 valence electrons. The van der Waals surface area contributed by atoms with E-state index in [0.29, 0.717) is 6.54 Å². The van der Waals surface area contributed by atoms with Crippen molar-refractivity contribution in [3.63, 3.8) is 0 Å². The summed E-state index contributed by atoms with van der Waals surface area (Å²) in [5.74, 6) is 1.57. The van der Waals surface area contributed by atoms with Crippen LogP contribution in [0.5, 0.6) is 5.75 Å². The van der Waals surface area contributed by atoms with Gasteiger partial charge in [0, 0.05) is 31.8 Å². The molecule has 3 N–H and O–H groups in total. The van der Waals surface area contributed by atoms with Gasteiger partial charge in [0.2, 0.25) is 0 Å². The summed E-state index contributed by atoms with van der Waals surface area (Å²) in [6.07, 6.45) is 4.13. The van der Waals surface area contributed by atoms with Gasteiger partial charge in [-0.05, 0) is 77.2 Å². The van der Waals surface area contributed by atoms with Crippen molar-refractivity contribution in [3.05, 3.63) is 29.8 Å². The summed E-state index contributed by atoms with van der Waals surface area (Å²) >= 11 is 0. The van der Waals surface area contributed by atoms with Gasteiger partial charge in [-0.2, -0.15) is 0 Å². The number of hydrogen-bond acceptors (Lipinski definition) is 5. The second kappa shape index (κ2) is 13.6. The molecule has 0 bridgehead atoms. The highest BCUT2D eigenvalue weighted by Gasteiger charge is 2.39. The van der Waals surface area contributed by atoms with Crippen molar-refractivity contribution < 1.29 is 14.6 Å². The van der Waals surface area contributed by atoms with Gasteiger partial charge in [-0.3, -0.25) is 9.89 Å². The van der Waals surface area contributed by atoms with E-state index in [2.05, 4.69) is 22.5 Å². The lowest BCUT2D eigenvalue weighted by Crippen LogP contribution is -2.54. The SMILES string of the molecule is CCNC(=NCC1(N2CCCC2)CCOCC1)NCC(O)c1ccc(OC(C)C)cc1.I. The van der Waals surface area contributed by atoms with Gasteiger partial charge >= 0.3 is 0 Å². The average molecular weight is 561 g/mol. The van der Waals surface area contributed by atoms with E-state index in [-0.39, 0.29) is 35.6 Å². The third-order valence-corrected chi connectivity index (χ3v) is 6.18. The summed E-state index contributed by atoms with van der Waals surface area (Å²) in [7, 11) is 0. The number of hydrogen-bond donors (Lipinski definition) is 3. The van der Waals surface area contributed by atoms with E-state index in [1.807, 2.05) is 38.1 Å². The van der Waals surface area contributed by atoms with E-state index in [0.717, 1.165) is 69.5 Å². The van der Waals surface area contributed by atoms with Gasteiger partial charge in [0.25, 0.3) is 0 Å². The third kappa shape index (κ3) is 7.74. The molecule has 0 aromatic heterocycles. The highest BCUT2D eigenvalue weighted by atomic mass is 127. The lowest BCUT2D eigenvalue weighted by Gasteiger charge is -2.43. The zero-order valence-corrected chi connectivity index (χ0v) is 22.1. The maximum Gasteiger partial charge on any atom is 0.191 e. The minimum absolute atomic E-state index is 0. The zero-order chi connectivity index (χ0) is 22.1. The molecule has 1 aromatic carbocycles. The molecule has 7 nitrogen and oxygen atoms in total. The molecule has 0 spiro atoms. The van der Waals surface area contributed by atoms with Crippen LogP contribution in [0.1, 0.15) is 58.1 Å². The van der Waals surface area contributed by atoms with Crippen LogP contribution in [0.25, 0.3) is 0 Å². The van der Waals surface area contributed by atoms with E-state index in [9.17, 15) is 5.11 Å². The maximum atomic E-state index is 10.6. The third-order valence-electron chi connectivity index (χ3n) is 6.18. The second-order valence-corrected chi connectivity index (χ2v) is 8.86. The monoisotopic (exact) mass is 560 g/mol. The number of halogens is 1. The molecular formula is C24H41IN4O3. The van der Waals surface area contributed by atoms with Crippen LogP contribution in [-0.2, 0) is 4.74 Å². The van der Waals surface area contributed by atoms with Crippen molar-refractivity contribution in [1.29, 1.82) is 0 Å². The number of aliphatic imine (C=N–C) groups is 1. The summed E-state index contributed by atoms with van der Waals surface area (Å²) in [6, 6.07) is 7.64. The van der Waals surface area contributed by atoms with Crippen LogP contribution in [0.2, 0.25) is 0 Å². The van der Waals surface area contributed by atoms with Gasteiger partial charge in [0.05, 0.1) is 18.8 Å². The van der Waals surface area contributed by atoms with E-state index >= 15 is 0 Å². The molecule has 0 aliphatic carbocycles. The molecule has 8 heteroatoms. The number of aliphatic hydroxyl groups is 1. The van der Waals surface area contributed by atoms with Crippen LogP contribution in [0.4, 0.5) is 0 Å². The number of nitrogens with one attached hydrogen (secondary N) is 2. The molecule has 32 heavy (non-hydrogen) atoms. The lowest BCUT2D eigenvalue weighted by atomic mass is 9.88. The van der Waals surface area contributed by atoms with Gasteiger partial charge in [0.1, 0.15) is 5.75 Å². The molecule has 2 aliphatic heterocycles. The van der Waals surface area contributed by atoms with Crippen molar-refractivity contribution >= 4 is 29.9 Å². The smallest absolute Gasteiger partial charge is 0.191 e. The number of rotatable bonds is 9. The van der Waals surface area contributed by atoms with E-state index in [4.69, 9.17) is 14.5 Å². The minimum atomic E-state index is -0.618. The Morgan fingerprint density at radius 1 is 1.16 bits per heavy atom. The van der Waals surface area contributed by atoms with Gasteiger partial charge in [-0.1, -0.05) is 12.1 Å². The predicted octanol–water partition coefficient (Wildman–Crippen LogP) is 3.33. The maximum absolute atomic E-state index is 10.6. The quantitative estimate of drug-likeness (QED) is 0.245. The van der Waals surface area contributed by atoms with Gasteiger partial charge in [0.15, 0.2) is 5.96 Å². The van der Waals surface area contributed by atoms with Crippen LogP contribution < -0.4 is 15.4 Å². The summed E-state index contributed by atoms with van der Waals surface area (Å²) in [5, 5.41) is 17.3. The number of nitrogens with zero attached hydrogens (tertiary/aromatic N) is 2. The molecule has 2 aliphatic rings. The summed E-state index contributed by atoms with van der Waals surface area (Å²) in [5.41, 5.74) is 0.958. The fourth-order valence-corrected chi connectivity index (χ4v) is 4.44. The molecule has 0 saturated carbocycles. The molecule has 3 rings (SSSR count). The van der Waals surface area contributed by atoms with Crippen LogP contribution >= 0.6 is 24.0 Å². The highest BCUT2D eigenvalue weighted by Crippen LogP contribution is 2.31. The first kappa shape index (κ1) is 27.1. The Hall–Kier alpha value is -1.10. The van der Waals surface area contributed by atoms with Crippen molar-refractivity contribution in [2.24, 2.45) is 4.99 Å². The molecule has 1 unspecified atom stereocenters. The molecule has 2 fully saturated rings. The van der Waals surface area contributed by atoms with E-state index < -0.39 is 6.10 Å². The highest BCUT2D eigenvalue weighted by molar-refractivity contribution is 14.0. The van der Waals surface area contributed by atoms with Crippen molar-refractivity contribution in [1.82, 2.24) is 15.5 Å². The Morgan fingerprint density at radius 2 is 1.81 bits per heavy atom. The summed E-state index contributed by atoms with van der Waals surface area (Å²) < 4.78 is 11.3. The number of ether oxygens (including phenoxy) is 2. The first-order valence-electron chi connectivity index (χ1n) is 11.8. The fraction of sp³-hybridized carbons (Fsp3) is 0.708. The Morgan fingerprint density at radius 3 is 2.41 bits per heavy atom. The second-order valence-electron chi connectivity index (χ2n) is 8.86. The topological polar surface area (TPSA) is 78.4 Å². The Balaban J connectivity index is 0.00000363. The Labute approximate surface area is 210 Å². The molecular weight excluding hydrogens is 519 g/mol. The van der Waals surface area contributed by atoms with Crippen LogP contribution in [-0.4, -0.2) is 73.5 Å². The van der Waals surface area contributed by atoms with E-state index in [1.165, 1.54) is 12.8 Å². The van der Waals surface area contributed by atoms with Gasteiger partial charge in [-0.25, -0.2) is 0 Å². The predicted molar refractivity (Wildman–Crippen MR) is 140 cm³/mol.